The van der Waals surface area contributed by atoms with Gasteiger partial charge in [-0.25, -0.2) is 18.4 Å². The number of aromatic nitrogens is 2. The van der Waals surface area contributed by atoms with Crippen LogP contribution in [-0.2, 0) is 27.5 Å². The molecule has 1 fully saturated rings. The van der Waals surface area contributed by atoms with E-state index in [2.05, 4.69) is 0 Å². The molecule has 1 unspecified atom stereocenters. The van der Waals surface area contributed by atoms with Gasteiger partial charge in [0.1, 0.15) is 6.04 Å². The van der Waals surface area contributed by atoms with Crippen molar-refractivity contribution in [2.45, 2.75) is 43.0 Å². The molecule has 7 nitrogen and oxygen atoms in total. The largest absolute Gasteiger partial charge is 0.368 e. The Morgan fingerprint density at radius 2 is 2.04 bits per heavy atom. The minimum absolute atomic E-state index is 0.267. The number of nitrogens with zero attached hydrogens (tertiary/aromatic N) is 3. The first-order chi connectivity index (χ1) is 12.8. The molecule has 8 heteroatoms. The molecule has 1 aromatic heterocycles. The average molecular weight is 386 g/mol. The Kier molecular flexibility index (Phi) is 4.38. The first-order valence-electron chi connectivity index (χ1n) is 9.11. The van der Waals surface area contributed by atoms with E-state index in [0.717, 1.165) is 48.2 Å². The predicted molar refractivity (Wildman–Crippen MR) is 102 cm³/mol. The van der Waals surface area contributed by atoms with Crippen LogP contribution in [-0.4, -0.2) is 43.1 Å². The molecule has 142 valence electrons. The molecule has 1 atom stereocenters. The van der Waals surface area contributed by atoms with Gasteiger partial charge in [0.05, 0.1) is 10.6 Å². The highest BCUT2D eigenvalue weighted by molar-refractivity contribution is 7.90. The van der Waals surface area contributed by atoms with Crippen molar-refractivity contribution in [1.82, 2.24) is 9.97 Å². The van der Waals surface area contributed by atoms with Crippen LogP contribution in [0.15, 0.2) is 29.2 Å². The molecule has 0 spiro atoms. The van der Waals surface area contributed by atoms with Crippen LogP contribution >= 0.6 is 0 Å². The fourth-order valence-electron chi connectivity index (χ4n) is 3.96. The number of carbonyl (C=O) groups is 1. The van der Waals surface area contributed by atoms with Crippen LogP contribution in [0.4, 0.5) is 5.95 Å². The lowest BCUT2D eigenvalue weighted by molar-refractivity contribution is -0.119. The number of primary amides is 1. The van der Waals surface area contributed by atoms with Crippen LogP contribution in [0, 0.1) is 0 Å². The molecule has 0 saturated carbocycles. The number of sulfone groups is 1. The van der Waals surface area contributed by atoms with Crippen molar-refractivity contribution < 1.29 is 13.2 Å². The van der Waals surface area contributed by atoms with Gasteiger partial charge in [0.15, 0.2) is 9.84 Å². The summed E-state index contributed by atoms with van der Waals surface area (Å²) in [4.78, 5) is 23.4. The highest BCUT2D eigenvalue weighted by Crippen LogP contribution is 2.34. The lowest BCUT2D eigenvalue weighted by Crippen LogP contribution is -2.41. The quantitative estimate of drug-likeness (QED) is 0.853. The third-order valence-corrected chi connectivity index (χ3v) is 6.41. The molecule has 0 radical (unpaired) electrons. The van der Waals surface area contributed by atoms with Crippen LogP contribution in [0.3, 0.4) is 0 Å². The number of hydrogen-bond acceptors (Lipinski definition) is 6. The molecule has 1 aliphatic carbocycles. The number of fused-ring (bicyclic) bond motifs is 1. The van der Waals surface area contributed by atoms with Crippen LogP contribution < -0.4 is 10.6 Å². The number of benzene rings is 1. The second-order valence-electron chi connectivity index (χ2n) is 7.20. The molecule has 0 bridgehead atoms. The van der Waals surface area contributed by atoms with Crippen molar-refractivity contribution in [1.29, 1.82) is 0 Å². The summed E-state index contributed by atoms with van der Waals surface area (Å²) in [6.07, 6.45) is 5.49. The van der Waals surface area contributed by atoms with E-state index in [9.17, 15) is 13.2 Å². The summed E-state index contributed by atoms with van der Waals surface area (Å²) in [5, 5.41) is 0. The van der Waals surface area contributed by atoms with E-state index in [1.807, 2.05) is 11.0 Å². The molecule has 27 heavy (non-hydrogen) atoms. The molecule has 2 aromatic rings. The summed E-state index contributed by atoms with van der Waals surface area (Å²) < 4.78 is 23.9. The average Bonchev–Trinajstić information content (AvgIpc) is 3.29. The Balaban J connectivity index is 1.84. The molecule has 2 aliphatic rings. The Morgan fingerprint density at radius 1 is 1.22 bits per heavy atom. The molecular formula is C19H22N4O3S. The van der Waals surface area contributed by atoms with Gasteiger partial charge in [-0.05, 0) is 44.2 Å². The van der Waals surface area contributed by atoms with Gasteiger partial charge < -0.3 is 10.6 Å². The van der Waals surface area contributed by atoms with Crippen LogP contribution in [0.25, 0.3) is 11.3 Å². The summed E-state index contributed by atoms with van der Waals surface area (Å²) >= 11 is 0. The fraction of sp³-hybridized carbons (Fsp3) is 0.421. The molecule has 2 heterocycles. The second-order valence-corrected chi connectivity index (χ2v) is 9.22. The molecule has 1 aliphatic heterocycles. The SMILES string of the molecule is CS(=O)(=O)c1cccc(-c2nc(N3CCCC3C(N)=O)nc3c2CCC3)c1. The first-order valence-corrected chi connectivity index (χ1v) is 11.0. The summed E-state index contributed by atoms with van der Waals surface area (Å²) in [6.45, 7) is 0.690. The monoisotopic (exact) mass is 386 g/mol. The Morgan fingerprint density at radius 3 is 2.78 bits per heavy atom. The van der Waals surface area contributed by atoms with E-state index in [0.29, 0.717) is 18.9 Å². The number of aryl methyl sites for hydroxylation is 1. The minimum Gasteiger partial charge on any atom is -0.368 e. The summed E-state index contributed by atoms with van der Waals surface area (Å²) in [5.74, 6) is 0.147. The molecular weight excluding hydrogens is 364 g/mol. The third-order valence-electron chi connectivity index (χ3n) is 5.30. The zero-order chi connectivity index (χ0) is 19.2. The number of hydrogen-bond donors (Lipinski definition) is 1. The number of anilines is 1. The number of nitrogens with two attached hydrogens (primary N) is 1. The van der Waals surface area contributed by atoms with Gasteiger partial charge in [-0.2, -0.15) is 0 Å². The first kappa shape index (κ1) is 17.9. The molecule has 4 rings (SSSR count). The van der Waals surface area contributed by atoms with Crippen molar-refractivity contribution in [2.75, 3.05) is 17.7 Å². The highest BCUT2D eigenvalue weighted by Gasteiger charge is 2.32. The highest BCUT2D eigenvalue weighted by atomic mass is 32.2. The van der Waals surface area contributed by atoms with E-state index in [-0.39, 0.29) is 16.8 Å². The van der Waals surface area contributed by atoms with Crippen molar-refractivity contribution in [3.8, 4) is 11.3 Å². The van der Waals surface area contributed by atoms with Gasteiger partial charge in [-0.3, -0.25) is 4.79 Å². The fourth-order valence-corrected chi connectivity index (χ4v) is 4.63. The Hall–Kier alpha value is -2.48. The second kappa shape index (κ2) is 6.60. The lowest BCUT2D eigenvalue weighted by Gasteiger charge is -2.23. The number of amides is 1. The Labute approximate surface area is 158 Å². The zero-order valence-corrected chi connectivity index (χ0v) is 16.0. The maximum Gasteiger partial charge on any atom is 0.240 e. The third kappa shape index (κ3) is 3.29. The van der Waals surface area contributed by atoms with Crippen molar-refractivity contribution in [3.05, 3.63) is 35.5 Å². The maximum atomic E-state index is 12.0. The van der Waals surface area contributed by atoms with E-state index in [4.69, 9.17) is 15.7 Å². The summed E-state index contributed by atoms with van der Waals surface area (Å²) in [6, 6.07) is 6.46. The molecule has 1 amide bonds. The van der Waals surface area contributed by atoms with Crippen molar-refractivity contribution >= 4 is 21.7 Å². The minimum atomic E-state index is -3.31. The van der Waals surface area contributed by atoms with Crippen molar-refractivity contribution in [3.63, 3.8) is 0 Å². The molecule has 2 N–H and O–H groups in total. The van der Waals surface area contributed by atoms with Crippen LogP contribution in [0.2, 0.25) is 0 Å². The van der Waals surface area contributed by atoms with Gasteiger partial charge >= 0.3 is 0 Å². The van der Waals surface area contributed by atoms with Gasteiger partial charge in [-0.15, -0.1) is 0 Å². The lowest BCUT2D eigenvalue weighted by atomic mass is 10.1. The number of rotatable bonds is 4. The van der Waals surface area contributed by atoms with E-state index in [1.165, 1.54) is 6.26 Å². The van der Waals surface area contributed by atoms with Crippen molar-refractivity contribution in [2.24, 2.45) is 5.73 Å². The smallest absolute Gasteiger partial charge is 0.240 e. The maximum absolute atomic E-state index is 12.0. The van der Waals surface area contributed by atoms with Gasteiger partial charge in [0.2, 0.25) is 11.9 Å². The number of carbonyl (C=O) groups excluding carboxylic acids is 1. The summed E-state index contributed by atoms with van der Waals surface area (Å²) in [7, 11) is -3.31. The zero-order valence-electron chi connectivity index (χ0n) is 15.2. The van der Waals surface area contributed by atoms with Gasteiger partial charge in [-0.1, -0.05) is 12.1 Å². The molecule has 1 aromatic carbocycles. The summed E-state index contributed by atoms with van der Waals surface area (Å²) in [5.41, 5.74) is 9.12. The van der Waals surface area contributed by atoms with Gasteiger partial charge in [0.25, 0.3) is 0 Å². The van der Waals surface area contributed by atoms with E-state index >= 15 is 0 Å². The standard InChI is InChI=1S/C19H22N4O3S/c1-27(25,26)13-6-2-5-12(11-13)17-14-7-3-8-15(14)21-19(22-17)23-10-4-9-16(23)18(20)24/h2,5-6,11,16H,3-4,7-10H2,1H3,(H2,20,24). The van der Waals surface area contributed by atoms with E-state index in [1.54, 1.807) is 18.2 Å². The molecule has 1 saturated heterocycles. The van der Waals surface area contributed by atoms with Crippen LogP contribution in [0.5, 0.6) is 0 Å². The van der Waals surface area contributed by atoms with E-state index < -0.39 is 9.84 Å². The topological polar surface area (TPSA) is 106 Å². The predicted octanol–water partition coefficient (Wildman–Crippen LogP) is 1.49. The van der Waals surface area contributed by atoms with Gasteiger partial charge in [0, 0.05) is 29.6 Å². The normalized spacial score (nSPS) is 19.3. The van der Waals surface area contributed by atoms with Crippen LogP contribution in [0.1, 0.15) is 30.5 Å². The Bertz CT molecular complexity index is 1020.